The molecule has 1 amide bonds. The van der Waals surface area contributed by atoms with Crippen LogP contribution in [0.1, 0.15) is 44.2 Å². The fourth-order valence-corrected chi connectivity index (χ4v) is 6.63. The van der Waals surface area contributed by atoms with Gasteiger partial charge in [0.2, 0.25) is 0 Å². The summed E-state index contributed by atoms with van der Waals surface area (Å²) in [5.74, 6) is 0.331. The number of aromatic hydroxyl groups is 1. The zero-order chi connectivity index (χ0) is 24.5. The number of fused-ring (bicyclic) bond motifs is 1. The number of piperidine rings is 1. The second-order valence-electron chi connectivity index (χ2n) is 10.8. The number of likely N-dealkylation sites (tertiary alicyclic amines) is 1. The summed E-state index contributed by atoms with van der Waals surface area (Å²) in [6.45, 7) is 5.12. The maximum absolute atomic E-state index is 13.0. The Morgan fingerprint density at radius 2 is 1.94 bits per heavy atom. The van der Waals surface area contributed by atoms with Gasteiger partial charge in [0.1, 0.15) is 5.76 Å². The van der Waals surface area contributed by atoms with Crippen LogP contribution >= 0.6 is 0 Å². The van der Waals surface area contributed by atoms with Crippen LogP contribution in [0.25, 0.3) is 0 Å². The van der Waals surface area contributed by atoms with Crippen molar-refractivity contribution >= 4 is 11.6 Å². The molecular formula is C28H32N2O5. The number of rotatable bonds is 5. The molecule has 4 atom stereocenters. The number of amides is 1. The molecule has 184 valence electrons. The van der Waals surface area contributed by atoms with E-state index >= 15 is 0 Å². The maximum Gasteiger partial charge on any atom is 0.254 e. The zero-order valence-electron chi connectivity index (χ0n) is 20.1. The molecule has 35 heavy (non-hydrogen) atoms. The molecule has 4 N–H and O–H groups in total. The normalized spacial score (nSPS) is 31.9. The summed E-state index contributed by atoms with van der Waals surface area (Å²) in [5, 5.41) is 37.2. The van der Waals surface area contributed by atoms with E-state index < -0.39 is 23.0 Å². The van der Waals surface area contributed by atoms with Crippen molar-refractivity contribution in [3.63, 3.8) is 0 Å². The van der Waals surface area contributed by atoms with Gasteiger partial charge in [-0.1, -0.05) is 24.3 Å². The van der Waals surface area contributed by atoms with Gasteiger partial charge in [-0.3, -0.25) is 9.69 Å². The van der Waals surface area contributed by atoms with Gasteiger partial charge in [-0.2, -0.15) is 0 Å². The van der Waals surface area contributed by atoms with Crippen molar-refractivity contribution in [3.05, 3.63) is 64.9 Å². The van der Waals surface area contributed by atoms with Crippen LogP contribution in [-0.4, -0.2) is 57.0 Å². The lowest BCUT2D eigenvalue weighted by atomic mass is 9.53. The third-order valence-electron chi connectivity index (χ3n) is 8.75. The minimum atomic E-state index is -1.24. The monoisotopic (exact) mass is 476 g/mol. The van der Waals surface area contributed by atoms with Gasteiger partial charge in [-0.25, -0.2) is 0 Å². The number of phenolic OH excluding ortho intramolecular Hbond substituents is 1. The van der Waals surface area contributed by atoms with Gasteiger partial charge in [0, 0.05) is 23.8 Å². The first-order chi connectivity index (χ1) is 16.7. The first-order valence-electron chi connectivity index (χ1n) is 12.5. The second kappa shape index (κ2) is 7.73. The molecule has 2 heterocycles. The van der Waals surface area contributed by atoms with Crippen LogP contribution in [0.2, 0.25) is 0 Å². The fraction of sp³-hybridized carbons (Fsp3) is 0.464. The number of hydrogen-bond donors (Lipinski definition) is 4. The molecule has 7 heteroatoms. The molecule has 1 spiro atoms. The highest BCUT2D eigenvalue weighted by atomic mass is 16.5. The quantitative estimate of drug-likeness (QED) is 0.388. The van der Waals surface area contributed by atoms with E-state index in [0.717, 1.165) is 24.2 Å². The molecule has 6 rings (SSSR count). The topological polar surface area (TPSA) is 102 Å². The van der Waals surface area contributed by atoms with Crippen LogP contribution in [0.15, 0.2) is 53.8 Å². The van der Waals surface area contributed by atoms with Gasteiger partial charge in [0.15, 0.2) is 17.6 Å². The van der Waals surface area contributed by atoms with E-state index in [1.807, 2.05) is 31.2 Å². The Bertz CT molecular complexity index is 1220. The number of phenols is 1. The van der Waals surface area contributed by atoms with Crippen LogP contribution in [0.4, 0.5) is 5.69 Å². The Kier molecular flexibility index (Phi) is 4.96. The molecule has 0 aromatic heterocycles. The number of carbonyl (C=O) groups excluding carboxylic acids is 1. The molecule has 2 fully saturated rings. The number of benzene rings is 2. The number of carbonyl (C=O) groups is 1. The summed E-state index contributed by atoms with van der Waals surface area (Å²) < 4.78 is 6.27. The van der Waals surface area contributed by atoms with E-state index in [0.29, 0.717) is 30.2 Å². The zero-order valence-corrected chi connectivity index (χ0v) is 20.1. The smallest absolute Gasteiger partial charge is 0.254 e. The van der Waals surface area contributed by atoms with Crippen molar-refractivity contribution in [3.8, 4) is 11.5 Å². The second-order valence-corrected chi connectivity index (χ2v) is 10.8. The number of ether oxygens (including phenoxy) is 1. The average Bonchev–Trinajstić information content (AvgIpc) is 3.58. The van der Waals surface area contributed by atoms with E-state index in [9.17, 15) is 20.1 Å². The maximum atomic E-state index is 13.0. The Balaban J connectivity index is 1.43. The average molecular weight is 477 g/mol. The van der Waals surface area contributed by atoms with Gasteiger partial charge in [-0.05, 0) is 75.8 Å². The van der Waals surface area contributed by atoms with Crippen LogP contribution in [0.5, 0.6) is 11.5 Å². The van der Waals surface area contributed by atoms with Crippen molar-refractivity contribution in [2.24, 2.45) is 5.92 Å². The summed E-state index contributed by atoms with van der Waals surface area (Å²) >= 11 is 0. The Morgan fingerprint density at radius 3 is 2.66 bits per heavy atom. The summed E-state index contributed by atoms with van der Waals surface area (Å²) in [6.07, 6.45) is 2.69. The Labute approximate surface area is 205 Å². The number of para-hydroxylation sites is 1. The minimum absolute atomic E-state index is 0.0144. The van der Waals surface area contributed by atoms with Crippen LogP contribution in [-0.2, 0) is 16.6 Å². The molecule has 1 saturated heterocycles. The highest BCUT2D eigenvalue weighted by molar-refractivity contribution is 6.03. The molecule has 4 aliphatic rings. The first kappa shape index (κ1) is 22.4. The van der Waals surface area contributed by atoms with Gasteiger partial charge >= 0.3 is 0 Å². The molecule has 2 aliphatic carbocycles. The standard InChI is InChI=1S/C28H32N2O5/c1-16(26(33)29-19-6-4-3-5-7-19)23(32)25-28-12-13-30(15-17-8-9-17)21(27(28,2)34)14-18-10-11-20(31)24(35-25)22(18)28/h3-7,10-11,17,21,25,31-32,34H,8-9,12-15H2,1-2H3,(H,29,33)/b23-16-/t21-,25+,27-,28+/m1/s1. The largest absolute Gasteiger partial charge is 0.508 e. The molecular weight excluding hydrogens is 444 g/mol. The van der Waals surface area contributed by atoms with E-state index in [1.54, 1.807) is 25.1 Å². The molecule has 0 radical (unpaired) electrons. The van der Waals surface area contributed by atoms with Gasteiger partial charge in [-0.15, -0.1) is 0 Å². The molecule has 7 nitrogen and oxygen atoms in total. The van der Waals surface area contributed by atoms with Crippen LogP contribution in [0.3, 0.4) is 0 Å². The van der Waals surface area contributed by atoms with Gasteiger partial charge in [0.05, 0.1) is 16.6 Å². The molecule has 2 aliphatic heterocycles. The number of aliphatic hydroxyl groups is 2. The van der Waals surface area contributed by atoms with Gasteiger partial charge < -0.3 is 25.4 Å². The number of nitrogens with one attached hydrogen (secondary N) is 1. The van der Waals surface area contributed by atoms with Crippen molar-refractivity contribution in [1.82, 2.24) is 4.90 Å². The first-order valence-corrected chi connectivity index (χ1v) is 12.5. The highest BCUT2D eigenvalue weighted by Gasteiger charge is 2.69. The molecule has 2 bridgehead atoms. The van der Waals surface area contributed by atoms with Crippen LogP contribution in [0, 0.1) is 5.92 Å². The van der Waals surface area contributed by atoms with Crippen molar-refractivity contribution in [1.29, 1.82) is 0 Å². The lowest BCUT2D eigenvalue weighted by Gasteiger charge is -2.59. The summed E-state index contributed by atoms with van der Waals surface area (Å²) in [7, 11) is 0. The van der Waals surface area contributed by atoms with Crippen molar-refractivity contribution < 1.29 is 24.9 Å². The SMILES string of the molecule is C/C(C(=O)Nc1ccccc1)=C(/O)[C@@H]1Oc2c(O)ccc3c2[C@@]12CCN(CC1CC1)[C@H](C3)[C@@]2(C)O. The van der Waals surface area contributed by atoms with Crippen LogP contribution < -0.4 is 10.1 Å². The summed E-state index contributed by atoms with van der Waals surface area (Å²) in [4.78, 5) is 15.4. The highest BCUT2D eigenvalue weighted by Crippen LogP contribution is 2.63. The predicted octanol–water partition coefficient (Wildman–Crippen LogP) is 3.65. The number of hydrogen-bond acceptors (Lipinski definition) is 6. The van der Waals surface area contributed by atoms with Crippen molar-refractivity contribution in [2.45, 2.75) is 62.7 Å². The minimum Gasteiger partial charge on any atom is -0.508 e. The molecule has 1 saturated carbocycles. The lowest BCUT2D eigenvalue weighted by Crippen LogP contribution is -2.73. The summed E-state index contributed by atoms with van der Waals surface area (Å²) in [6, 6.07) is 12.5. The summed E-state index contributed by atoms with van der Waals surface area (Å²) in [5.41, 5.74) is 0.338. The third-order valence-corrected chi connectivity index (χ3v) is 8.75. The van der Waals surface area contributed by atoms with E-state index in [4.69, 9.17) is 4.74 Å². The molecule has 2 aromatic carbocycles. The molecule has 0 unspecified atom stereocenters. The number of nitrogens with zero attached hydrogens (tertiary/aromatic N) is 1. The third kappa shape index (κ3) is 3.21. The van der Waals surface area contributed by atoms with Gasteiger partial charge in [0.25, 0.3) is 5.91 Å². The number of aliphatic hydroxyl groups excluding tert-OH is 1. The van der Waals surface area contributed by atoms with E-state index in [2.05, 4.69) is 10.2 Å². The van der Waals surface area contributed by atoms with Crippen molar-refractivity contribution in [2.75, 3.05) is 18.4 Å². The van der Waals surface area contributed by atoms with E-state index in [-0.39, 0.29) is 23.1 Å². The Hall–Kier alpha value is -3.03. The lowest BCUT2D eigenvalue weighted by molar-refractivity contribution is -0.153. The number of anilines is 1. The predicted molar refractivity (Wildman–Crippen MR) is 132 cm³/mol. The Morgan fingerprint density at radius 1 is 1.20 bits per heavy atom. The molecule has 2 aromatic rings. The fourth-order valence-electron chi connectivity index (χ4n) is 6.63. The van der Waals surface area contributed by atoms with E-state index in [1.165, 1.54) is 12.8 Å².